The quantitative estimate of drug-likeness (QED) is 0.585. The molecule has 0 aliphatic heterocycles. The second-order valence-corrected chi connectivity index (χ2v) is 6.70. The molecular formula is C16H22ClFN2O4. The van der Waals surface area contributed by atoms with E-state index in [1.807, 2.05) is 0 Å². The first-order valence-corrected chi connectivity index (χ1v) is 7.79. The van der Waals surface area contributed by atoms with Crippen LogP contribution in [-0.4, -0.2) is 47.3 Å². The van der Waals surface area contributed by atoms with Crippen molar-refractivity contribution in [1.82, 2.24) is 10.6 Å². The fraction of sp³-hybridized carbons (Fsp3) is 0.500. The Morgan fingerprint density at radius 1 is 1.38 bits per heavy atom. The van der Waals surface area contributed by atoms with E-state index in [0.29, 0.717) is 0 Å². The average Bonchev–Trinajstić information content (AvgIpc) is 2.54. The van der Waals surface area contributed by atoms with Gasteiger partial charge in [-0.3, -0.25) is 9.59 Å². The van der Waals surface area contributed by atoms with Crippen molar-refractivity contribution < 1.29 is 24.2 Å². The molecule has 0 aliphatic rings. The smallest absolute Gasteiger partial charge is 0.251 e. The largest absolute Gasteiger partial charge is 0.396 e. The second kappa shape index (κ2) is 8.41. The normalized spacial score (nSPS) is 14.0. The lowest BCUT2D eigenvalue weighted by Crippen LogP contribution is -2.49. The van der Waals surface area contributed by atoms with Crippen molar-refractivity contribution in [2.24, 2.45) is 5.41 Å². The summed E-state index contributed by atoms with van der Waals surface area (Å²) in [6.07, 6.45) is -1.37. The van der Waals surface area contributed by atoms with E-state index in [1.54, 1.807) is 20.8 Å². The lowest BCUT2D eigenvalue weighted by molar-refractivity contribution is -0.137. The highest BCUT2D eigenvalue weighted by Gasteiger charge is 2.32. The van der Waals surface area contributed by atoms with Gasteiger partial charge < -0.3 is 20.8 Å². The molecule has 4 N–H and O–H groups in total. The van der Waals surface area contributed by atoms with E-state index in [4.69, 9.17) is 16.7 Å². The minimum Gasteiger partial charge on any atom is -0.396 e. The van der Waals surface area contributed by atoms with Crippen molar-refractivity contribution in [3.63, 3.8) is 0 Å². The van der Waals surface area contributed by atoms with Gasteiger partial charge in [0.2, 0.25) is 5.91 Å². The van der Waals surface area contributed by atoms with Gasteiger partial charge in [0.25, 0.3) is 5.91 Å². The molecule has 2 atom stereocenters. The number of benzene rings is 1. The van der Waals surface area contributed by atoms with Gasteiger partial charge in [-0.2, -0.15) is 0 Å². The lowest BCUT2D eigenvalue weighted by Gasteiger charge is -2.27. The lowest BCUT2D eigenvalue weighted by atomic mass is 9.87. The van der Waals surface area contributed by atoms with Crippen molar-refractivity contribution in [1.29, 1.82) is 0 Å². The van der Waals surface area contributed by atoms with Crippen LogP contribution >= 0.6 is 11.6 Å². The fourth-order valence-corrected chi connectivity index (χ4v) is 1.97. The van der Waals surface area contributed by atoms with Crippen LogP contribution in [0, 0.1) is 11.2 Å². The number of rotatable bonds is 7. The Kier molecular flexibility index (Phi) is 7.13. The zero-order valence-electron chi connectivity index (χ0n) is 13.8. The fourth-order valence-electron chi connectivity index (χ4n) is 1.79. The zero-order valence-corrected chi connectivity index (χ0v) is 14.5. The van der Waals surface area contributed by atoms with Crippen LogP contribution in [0.4, 0.5) is 4.39 Å². The van der Waals surface area contributed by atoms with Crippen molar-refractivity contribution in [2.45, 2.75) is 32.9 Å². The summed E-state index contributed by atoms with van der Waals surface area (Å²) in [5, 5.41) is 24.0. The first-order valence-electron chi connectivity index (χ1n) is 7.41. The minimum atomic E-state index is -1.37. The van der Waals surface area contributed by atoms with Crippen LogP contribution in [-0.2, 0) is 4.79 Å². The molecule has 0 bridgehead atoms. The maximum Gasteiger partial charge on any atom is 0.251 e. The van der Waals surface area contributed by atoms with E-state index in [9.17, 15) is 19.1 Å². The van der Waals surface area contributed by atoms with Crippen molar-refractivity contribution in [2.75, 3.05) is 13.2 Å². The molecule has 6 nitrogen and oxygen atoms in total. The molecule has 1 aromatic rings. The third-order valence-electron chi connectivity index (χ3n) is 3.54. The van der Waals surface area contributed by atoms with Gasteiger partial charge in [0.1, 0.15) is 11.9 Å². The Balaban J connectivity index is 2.54. The van der Waals surface area contributed by atoms with E-state index in [-0.39, 0.29) is 23.7 Å². The summed E-state index contributed by atoms with van der Waals surface area (Å²) in [5.74, 6) is -1.72. The molecule has 0 radical (unpaired) electrons. The molecule has 0 aliphatic carbocycles. The summed E-state index contributed by atoms with van der Waals surface area (Å²) in [6.45, 7) is 4.51. The number of hydrogen-bond donors (Lipinski definition) is 4. The third kappa shape index (κ3) is 5.43. The van der Waals surface area contributed by atoms with Crippen LogP contribution < -0.4 is 10.6 Å². The highest BCUT2D eigenvalue weighted by Crippen LogP contribution is 2.19. The number of amides is 2. The van der Waals surface area contributed by atoms with Gasteiger partial charge in [0.15, 0.2) is 0 Å². The number of halogens is 2. The SMILES string of the molecule is CC(CNC(=O)C(O)C(C)(C)CO)NC(=O)c1ccc(F)c(Cl)c1. The molecule has 24 heavy (non-hydrogen) atoms. The van der Waals surface area contributed by atoms with Gasteiger partial charge in [0, 0.05) is 23.6 Å². The van der Waals surface area contributed by atoms with Gasteiger partial charge in [-0.25, -0.2) is 4.39 Å². The van der Waals surface area contributed by atoms with E-state index < -0.39 is 35.2 Å². The number of aliphatic hydroxyl groups is 2. The standard InChI is InChI=1S/C16H22ClFN2O4/c1-9(7-19-15(24)13(22)16(2,3)8-21)20-14(23)10-4-5-12(18)11(17)6-10/h4-6,9,13,21-22H,7-8H2,1-3H3,(H,19,24)(H,20,23). The molecule has 8 heteroatoms. The Labute approximate surface area is 145 Å². The Morgan fingerprint density at radius 2 is 2.00 bits per heavy atom. The first kappa shape index (κ1) is 20.3. The third-order valence-corrected chi connectivity index (χ3v) is 3.83. The molecule has 134 valence electrons. The topological polar surface area (TPSA) is 98.7 Å². The predicted molar refractivity (Wildman–Crippen MR) is 88.2 cm³/mol. The number of carbonyl (C=O) groups is 2. The molecule has 0 fully saturated rings. The predicted octanol–water partition coefficient (Wildman–Crippen LogP) is 1.09. The van der Waals surface area contributed by atoms with Gasteiger partial charge in [-0.15, -0.1) is 0 Å². The molecule has 0 saturated heterocycles. The molecule has 0 heterocycles. The van der Waals surface area contributed by atoms with E-state index in [2.05, 4.69) is 10.6 Å². The Hall–Kier alpha value is -1.70. The van der Waals surface area contributed by atoms with Gasteiger partial charge >= 0.3 is 0 Å². The molecule has 1 aromatic carbocycles. The average molecular weight is 361 g/mol. The Bertz CT molecular complexity index is 610. The molecule has 0 spiro atoms. The highest BCUT2D eigenvalue weighted by molar-refractivity contribution is 6.31. The van der Waals surface area contributed by atoms with Crippen LogP contribution in [0.15, 0.2) is 18.2 Å². The molecular weight excluding hydrogens is 339 g/mol. The van der Waals surface area contributed by atoms with E-state index >= 15 is 0 Å². The highest BCUT2D eigenvalue weighted by atomic mass is 35.5. The van der Waals surface area contributed by atoms with E-state index in [0.717, 1.165) is 6.07 Å². The van der Waals surface area contributed by atoms with Crippen LogP contribution in [0.25, 0.3) is 0 Å². The van der Waals surface area contributed by atoms with Crippen molar-refractivity contribution in [3.8, 4) is 0 Å². The number of nitrogens with one attached hydrogen (secondary N) is 2. The molecule has 2 amide bonds. The summed E-state index contributed by atoms with van der Waals surface area (Å²) in [4.78, 5) is 23.9. The van der Waals surface area contributed by atoms with Crippen LogP contribution in [0.5, 0.6) is 0 Å². The zero-order chi connectivity index (χ0) is 18.5. The number of hydrogen-bond acceptors (Lipinski definition) is 4. The van der Waals surface area contributed by atoms with Crippen LogP contribution in [0.2, 0.25) is 5.02 Å². The van der Waals surface area contributed by atoms with Crippen LogP contribution in [0.1, 0.15) is 31.1 Å². The van der Waals surface area contributed by atoms with Crippen molar-refractivity contribution in [3.05, 3.63) is 34.6 Å². The Morgan fingerprint density at radius 3 is 2.54 bits per heavy atom. The summed E-state index contributed by atoms with van der Waals surface area (Å²) in [6, 6.07) is 3.17. The van der Waals surface area contributed by atoms with Gasteiger partial charge in [-0.05, 0) is 25.1 Å². The maximum absolute atomic E-state index is 13.1. The number of aliphatic hydroxyl groups excluding tert-OH is 2. The van der Waals surface area contributed by atoms with Gasteiger partial charge in [0.05, 0.1) is 11.6 Å². The van der Waals surface area contributed by atoms with E-state index in [1.165, 1.54) is 12.1 Å². The maximum atomic E-state index is 13.1. The molecule has 0 saturated carbocycles. The number of carbonyl (C=O) groups excluding carboxylic acids is 2. The second-order valence-electron chi connectivity index (χ2n) is 6.30. The molecule has 0 aromatic heterocycles. The van der Waals surface area contributed by atoms with Crippen LogP contribution in [0.3, 0.4) is 0 Å². The molecule has 1 rings (SSSR count). The first-order chi connectivity index (χ1) is 11.1. The van der Waals surface area contributed by atoms with Gasteiger partial charge in [-0.1, -0.05) is 25.4 Å². The monoisotopic (exact) mass is 360 g/mol. The summed E-state index contributed by atoms with van der Waals surface area (Å²) in [7, 11) is 0. The summed E-state index contributed by atoms with van der Waals surface area (Å²) in [5.41, 5.74) is -0.775. The summed E-state index contributed by atoms with van der Waals surface area (Å²) < 4.78 is 13.1. The summed E-state index contributed by atoms with van der Waals surface area (Å²) >= 11 is 5.63. The molecule has 2 unspecified atom stereocenters. The minimum absolute atomic E-state index is 0.0814. The van der Waals surface area contributed by atoms with Crippen molar-refractivity contribution >= 4 is 23.4 Å².